The minimum atomic E-state index is -0.0648. The molecule has 0 aromatic carbocycles. The standard InChI is InChI=1S/C15H21N5O/c1-3-11-8-12(19(4-2)17-11)10-20-15(21)9-14-13(18-20)6-5-7-16-14/h8-9,16H,3-7,10H2,1-2H3. The van der Waals surface area contributed by atoms with Gasteiger partial charge < -0.3 is 5.32 Å². The molecular weight excluding hydrogens is 266 g/mol. The molecule has 0 bridgehead atoms. The summed E-state index contributed by atoms with van der Waals surface area (Å²) < 4.78 is 3.50. The van der Waals surface area contributed by atoms with Crippen LogP contribution in [0.1, 0.15) is 37.4 Å². The number of aromatic nitrogens is 4. The van der Waals surface area contributed by atoms with Gasteiger partial charge in [0.25, 0.3) is 5.56 Å². The summed E-state index contributed by atoms with van der Waals surface area (Å²) >= 11 is 0. The lowest BCUT2D eigenvalue weighted by atomic mass is 10.1. The van der Waals surface area contributed by atoms with E-state index in [0.29, 0.717) is 6.54 Å². The molecule has 21 heavy (non-hydrogen) atoms. The third-order valence-electron chi connectivity index (χ3n) is 3.87. The van der Waals surface area contributed by atoms with Gasteiger partial charge in [0.15, 0.2) is 0 Å². The molecule has 1 N–H and O–H groups in total. The van der Waals surface area contributed by atoms with E-state index in [1.165, 1.54) is 0 Å². The molecule has 0 saturated heterocycles. The monoisotopic (exact) mass is 287 g/mol. The van der Waals surface area contributed by atoms with Crippen molar-refractivity contribution in [1.29, 1.82) is 0 Å². The molecule has 3 rings (SSSR count). The average Bonchev–Trinajstić information content (AvgIpc) is 2.90. The lowest BCUT2D eigenvalue weighted by Crippen LogP contribution is -2.28. The third-order valence-corrected chi connectivity index (χ3v) is 3.87. The summed E-state index contributed by atoms with van der Waals surface area (Å²) in [5, 5.41) is 12.3. The Morgan fingerprint density at radius 2 is 2.10 bits per heavy atom. The van der Waals surface area contributed by atoms with Gasteiger partial charge in [-0.3, -0.25) is 9.48 Å². The van der Waals surface area contributed by atoms with E-state index >= 15 is 0 Å². The lowest BCUT2D eigenvalue weighted by Gasteiger charge is -2.17. The summed E-state index contributed by atoms with van der Waals surface area (Å²) in [4.78, 5) is 12.2. The molecule has 2 aromatic heterocycles. The maximum Gasteiger partial charge on any atom is 0.269 e. The molecule has 1 aliphatic rings. The van der Waals surface area contributed by atoms with Crippen LogP contribution in [0, 0.1) is 0 Å². The number of nitrogens with one attached hydrogen (secondary N) is 1. The molecule has 0 atom stereocenters. The predicted octanol–water partition coefficient (Wildman–Crippen LogP) is 1.43. The van der Waals surface area contributed by atoms with Crippen molar-refractivity contribution < 1.29 is 0 Å². The summed E-state index contributed by atoms with van der Waals surface area (Å²) in [6, 6.07) is 3.73. The van der Waals surface area contributed by atoms with E-state index in [1.54, 1.807) is 10.7 Å². The van der Waals surface area contributed by atoms with Gasteiger partial charge in [0.2, 0.25) is 0 Å². The van der Waals surface area contributed by atoms with Crippen molar-refractivity contribution in [3.8, 4) is 0 Å². The number of nitrogens with zero attached hydrogens (tertiary/aromatic N) is 4. The molecule has 6 heteroatoms. The number of rotatable bonds is 4. The Morgan fingerprint density at radius 3 is 2.86 bits per heavy atom. The Morgan fingerprint density at radius 1 is 1.24 bits per heavy atom. The summed E-state index contributed by atoms with van der Waals surface area (Å²) in [6.07, 6.45) is 2.89. The first-order chi connectivity index (χ1) is 10.2. The van der Waals surface area contributed by atoms with Crippen LogP contribution in [0.15, 0.2) is 16.9 Å². The molecular formula is C15H21N5O. The molecule has 3 heterocycles. The molecule has 0 unspecified atom stereocenters. The van der Waals surface area contributed by atoms with Gasteiger partial charge in [0.05, 0.1) is 29.3 Å². The molecule has 2 aromatic rings. The summed E-state index contributed by atoms with van der Waals surface area (Å²) in [5.41, 5.74) is 3.90. The van der Waals surface area contributed by atoms with E-state index in [0.717, 1.165) is 55.1 Å². The fraction of sp³-hybridized carbons (Fsp3) is 0.533. The van der Waals surface area contributed by atoms with E-state index in [9.17, 15) is 4.79 Å². The van der Waals surface area contributed by atoms with Gasteiger partial charge >= 0.3 is 0 Å². The van der Waals surface area contributed by atoms with Gasteiger partial charge in [-0.25, -0.2) is 4.68 Å². The first-order valence-electron chi connectivity index (χ1n) is 7.61. The van der Waals surface area contributed by atoms with E-state index in [2.05, 4.69) is 35.4 Å². The highest BCUT2D eigenvalue weighted by Gasteiger charge is 2.14. The average molecular weight is 287 g/mol. The molecule has 0 spiro atoms. The fourth-order valence-electron chi connectivity index (χ4n) is 2.70. The van der Waals surface area contributed by atoms with Crippen molar-refractivity contribution in [3.05, 3.63) is 39.6 Å². The smallest absolute Gasteiger partial charge is 0.269 e. The Hall–Kier alpha value is -2.11. The van der Waals surface area contributed by atoms with Gasteiger partial charge in [0, 0.05) is 19.2 Å². The molecule has 112 valence electrons. The van der Waals surface area contributed by atoms with Gasteiger partial charge in [-0.2, -0.15) is 10.2 Å². The highest BCUT2D eigenvalue weighted by atomic mass is 16.1. The number of hydrogen-bond acceptors (Lipinski definition) is 4. The molecule has 1 aliphatic heterocycles. The highest BCUT2D eigenvalue weighted by molar-refractivity contribution is 5.48. The van der Waals surface area contributed by atoms with Crippen molar-refractivity contribution in [2.45, 2.75) is 46.2 Å². The van der Waals surface area contributed by atoms with E-state index in [1.807, 2.05) is 4.68 Å². The van der Waals surface area contributed by atoms with Crippen LogP contribution in [0.5, 0.6) is 0 Å². The summed E-state index contributed by atoms with van der Waals surface area (Å²) in [6.45, 7) is 6.34. The zero-order valence-electron chi connectivity index (χ0n) is 12.6. The summed E-state index contributed by atoms with van der Waals surface area (Å²) in [5.74, 6) is 0. The van der Waals surface area contributed by atoms with Crippen molar-refractivity contribution in [3.63, 3.8) is 0 Å². The Kier molecular flexibility index (Phi) is 3.77. The summed E-state index contributed by atoms with van der Waals surface area (Å²) in [7, 11) is 0. The largest absolute Gasteiger partial charge is 0.383 e. The number of fused-ring (bicyclic) bond motifs is 1. The highest BCUT2D eigenvalue weighted by Crippen LogP contribution is 2.17. The zero-order valence-corrected chi connectivity index (χ0v) is 12.6. The number of aryl methyl sites for hydroxylation is 3. The second-order valence-electron chi connectivity index (χ2n) is 5.33. The van der Waals surface area contributed by atoms with Crippen LogP contribution in [0.25, 0.3) is 0 Å². The SMILES string of the molecule is CCc1cc(Cn2nc3c(cc2=O)NCCC3)n(CC)n1. The van der Waals surface area contributed by atoms with Gasteiger partial charge in [-0.1, -0.05) is 6.92 Å². The van der Waals surface area contributed by atoms with Crippen molar-refractivity contribution in [2.75, 3.05) is 11.9 Å². The fourth-order valence-corrected chi connectivity index (χ4v) is 2.70. The zero-order chi connectivity index (χ0) is 14.8. The second-order valence-corrected chi connectivity index (χ2v) is 5.33. The van der Waals surface area contributed by atoms with Crippen LogP contribution >= 0.6 is 0 Å². The maximum absolute atomic E-state index is 12.2. The molecule has 0 fully saturated rings. The molecule has 0 amide bonds. The van der Waals surface area contributed by atoms with Crippen LogP contribution < -0.4 is 10.9 Å². The maximum atomic E-state index is 12.2. The molecule has 0 aliphatic carbocycles. The van der Waals surface area contributed by atoms with E-state index in [4.69, 9.17) is 0 Å². The van der Waals surface area contributed by atoms with Gasteiger partial charge in [0.1, 0.15) is 0 Å². The van der Waals surface area contributed by atoms with E-state index in [-0.39, 0.29) is 5.56 Å². The van der Waals surface area contributed by atoms with Gasteiger partial charge in [-0.15, -0.1) is 0 Å². The minimum absolute atomic E-state index is 0.0648. The Labute approximate surface area is 123 Å². The van der Waals surface area contributed by atoms with Crippen molar-refractivity contribution in [2.24, 2.45) is 0 Å². The quantitative estimate of drug-likeness (QED) is 0.924. The van der Waals surface area contributed by atoms with E-state index < -0.39 is 0 Å². The normalized spacial score (nSPS) is 13.8. The van der Waals surface area contributed by atoms with Crippen molar-refractivity contribution in [1.82, 2.24) is 19.6 Å². The predicted molar refractivity (Wildman–Crippen MR) is 81.7 cm³/mol. The van der Waals surface area contributed by atoms with Crippen LogP contribution in [0.2, 0.25) is 0 Å². The topological polar surface area (TPSA) is 64.7 Å². The number of hydrogen-bond donors (Lipinski definition) is 1. The first-order valence-corrected chi connectivity index (χ1v) is 7.61. The van der Waals surface area contributed by atoms with Crippen LogP contribution in [-0.4, -0.2) is 26.1 Å². The van der Waals surface area contributed by atoms with Crippen LogP contribution in [0.4, 0.5) is 5.69 Å². The molecule has 6 nitrogen and oxygen atoms in total. The van der Waals surface area contributed by atoms with Gasteiger partial charge in [-0.05, 0) is 32.3 Å². The van der Waals surface area contributed by atoms with Crippen LogP contribution in [-0.2, 0) is 25.9 Å². The first kappa shape index (κ1) is 13.9. The number of anilines is 1. The Bertz CT molecular complexity index is 701. The molecule has 0 radical (unpaired) electrons. The van der Waals surface area contributed by atoms with Crippen molar-refractivity contribution >= 4 is 5.69 Å². The lowest BCUT2D eigenvalue weighted by molar-refractivity contribution is 0.548. The Balaban J connectivity index is 1.94. The molecule has 0 saturated carbocycles. The van der Waals surface area contributed by atoms with Crippen LogP contribution in [0.3, 0.4) is 0 Å². The second kappa shape index (κ2) is 5.71. The minimum Gasteiger partial charge on any atom is -0.383 e. The third kappa shape index (κ3) is 2.70.